The van der Waals surface area contributed by atoms with E-state index in [4.69, 9.17) is 11.6 Å². The highest BCUT2D eigenvalue weighted by Crippen LogP contribution is 2.30. The molecule has 1 amide bonds. The van der Waals surface area contributed by atoms with Gasteiger partial charge in [0.15, 0.2) is 0 Å². The van der Waals surface area contributed by atoms with Crippen molar-refractivity contribution < 1.29 is 4.79 Å². The molecule has 4 heteroatoms. The summed E-state index contributed by atoms with van der Waals surface area (Å²) in [5.41, 5.74) is 1.72. The summed E-state index contributed by atoms with van der Waals surface area (Å²) in [5, 5.41) is 2.11. The quantitative estimate of drug-likeness (QED) is 0.824. The maximum Gasteiger partial charge on any atom is 0.243 e. The van der Waals surface area contributed by atoms with Crippen LogP contribution in [0.5, 0.6) is 0 Å². The van der Waals surface area contributed by atoms with Crippen LogP contribution in [0.4, 0.5) is 5.69 Å². The predicted molar refractivity (Wildman–Crippen MR) is 82.8 cm³/mol. The van der Waals surface area contributed by atoms with Gasteiger partial charge in [-0.15, -0.1) is 11.6 Å². The molecular formula is C15H13BrClNO. The van der Waals surface area contributed by atoms with Crippen molar-refractivity contribution in [3.63, 3.8) is 0 Å². The van der Waals surface area contributed by atoms with E-state index in [1.807, 2.05) is 60.7 Å². The highest BCUT2D eigenvalue weighted by molar-refractivity contribution is 9.09. The molecule has 0 bridgehead atoms. The first kappa shape index (κ1) is 14.1. The topological polar surface area (TPSA) is 29.1 Å². The van der Waals surface area contributed by atoms with Crippen molar-refractivity contribution in [2.24, 2.45) is 0 Å². The molecule has 0 aliphatic rings. The lowest BCUT2D eigenvalue weighted by atomic mass is 10.1. The Kier molecular flexibility index (Phi) is 5.00. The number of carbonyl (C=O) groups is 1. The van der Waals surface area contributed by atoms with E-state index in [2.05, 4.69) is 21.2 Å². The molecule has 98 valence electrons. The fourth-order valence-electron chi connectivity index (χ4n) is 1.67. The van der Waals surface area contributed by atoms with E-state index in [-0.39, 0.29) is 10.7 Å². The molecule has 2 aromatic carbocycles. The van der Waals surface area contributed by atoms with Crippen LogP contribution in [0.3, 0.4) is 0 Å². The van der Waals surface area contributed by atoms with E-state index in [1.165, 1.54) is 0 Å². The molecule has 2 nitrogen and oxygen atoms in total. The van der Waals surface area contributed by atoms with E-state index in [0.717, 1.165) is 11.3 Å². The lowest BCUT2D eigenvalue weighted by Crippen LogP contribution is -2.26. The summed E-state index contributed by atoms with van der Waals surface area (Å²) in [6, 6.07) is 18.9. The first-order valence-electron chi connectivity index (χ1n) is 5.87. The van der Waals surface area contributed by atoms with Gasteiger partial charge in [0.2, 0.25) is 5.91 Å². The number of anilines is 1. The van der Waals surface area contributed by atoms with Crippen LogP contribution in [-0.2, 0) is 4.79 Å². The van der Waals surface area contributed by atoms with Gasteiger partial charge in [-0.2, -0.15) is 0 Å². The first-order valence-corrected chi connectivity index (χ1v) is 7.22. The number of halogens is 2. The molecule has 19 heavy (non-hydrogen) atoms. The normalized spacial score (nSPS) is 13.6. The molecular weight excluding hydrogens is 326 g/mol. The van der Waals surface area contributed by atoms with Crippen molar-refractivity contribution in [1.82, 2.24) is 0 Å². The number of para-hydroxylation sites is 1. The average molecular weight is 339 g/mol. The zero-order chi connectivity index (χ0) is 13.7. The predicted octanol–water partition coefficient (Wildman–Crippen LogP) is 4.37. The number of nitrogens with one attached hydrogen (secondary N) is 1. The molecule has 0 unspecified atom stereocenters. The standard InChI is InChI=1S/C15H13BrClNO/c16-13(11-7-3-1-4-8-11)14(17)15(19)18-12-9-5-2-6-10-12/h1-10,13-14H,(H,18,19)/t13-,14-/m0/s1. The Morgan fingerprint density at radius 1 is 1.00 bits per heavy atom. The number of carbonyl (C=O) groups excluding carboxylic acids is 1. The molecule has 2 atom stereocenters. The van der Waals surface area contributed by atoms with Gasteiger partial charge in [-0.3, -0.25) is 4.79 Å². The second kappa shape index (κ2) is 6.73. The second-order valence-corrected chi connectivity index (χ2v) is 5.53. The van der Waals surface area contributed by atoms with Gasteiger partial charge in [0.1, 0.15) is 5.38 Å². The Labute approximate surface area is 125 Å². The highest BCUT2D eigenvalue weighted by Gasteiger charge is 2.25. The Hall–Kier alpha value is -1.32. The third kappa shape index (κ3) is 3.82. The zero-order valence-electron chi connectivity index (χ0n) is 10.1. The highest BCUT2D eigenvalue weighted by atomic mass is 79.9. The molecule has 0 radical (unpaired) electrons. The maximum atomic E-state index is 12.1. The minimum atomic E-state index is -0.678. The van der Waals surface area contributed by atoms with Crippen LogP contribution in [0, 0.1) is 0 Å². The van der Waals surface area contributed by atoms with E-state index < -0.39 is 5.38 Å². The van der Waals surface area contributed by atoms with Gasteiger partial charge >= 0.3 is 0 Å². The number of benzene rings is 2. The van der Waals surface area contributed by atoms with E-state index >= 15 is 0 Å². The number of hydrogen-bond acceptors (Lipinski definition) is 1. The minimum Gasteiger partial charge on any atom is -0.325 e. The van der Waals surface area contributed by atoms with Gasteiger partial charge in [-0.05, 0) is 17.7 Å². The van der Waals surface area contributed by atoms with Crippen molar-refractivity contribution in [1.29, 1.82) is 0 Å². The number of rotatable bonds is 4. The third-order valence-corrected chi connectivity index (χ3v) is 4.48. The maximum absolute atomic E-state index is 12.1. The second-order valence-electron chi connectivity index (χ2n) is 4.07. The van der Waals surface area contributed by atoms with E-state index in [9.17, 15) is 4.79 Å². The van der Waals surface area contributed by atoms with Gasteiger partial charge in [-0.1, -0.05) is 64.5 Å². The number of hydrogen-bond donors (Lipinski definition) is 1. The monoisotopic (exact) mass is 337 g/mol. The van der Waals surface area contributed by atoms with Crippen LogP contribution in [0.2, 0.25) is 0 Å². The molecule has 0 heterocycles. The van der Waals surface area contributed by atoms with Crippen LogP contribution in [0.15, 0.2) is 60.7 Å². The fraction of sp³-hybridized carbons (Fsp3) is 0.133. The van der Waals surface area contributed by atoms with Crippen LogP contribution in [0.25, 0.3) is 0 Å². The average Bonchev–Trinajstić information content (AvgIpc) is 2.47. The molecule has 2 rings (SSSR count). The summed E-state index contributed by atoms with van der Waals surface area (Å²) in [6.07, 6.45) is 0. The van der Waals surface area contributed by atoms with Crippen molar-refractivity contribution >= 4 is 39.1 Å². The van der Waals surface area contributed by atoms with Gasteiger partial charge in [0.05, 0.1) is 4.83 Å². The molecule has 0 saturated carbocycles. The molecule has 1 N–H and O–H groups in total. The summed E-state index contributed by atoms with van der Waals surface area (Å²) < 4.78 is 0. The van der Waals surface area contributed by atoms with Gasteiger partial charge in [-0.25, -0.2) is 0 Å². The smallest absolute Gasteiger partial charge is 0.243 e. The van der Waals surface area contributed by atoms with Crippen LogP contribution in [0.1, 0.15) is 10.4 Å². The number of amides is 1. The minimum absolute atomic E-state index is 0.223. The molecule has 0 aliphatic heterocycles. The van der Waals surface area contributed by atoms with Crippen LogP contribution < -0.4 is 5.32 Å². The van der Waals surface area contributed by atoms with Gasteiger partial charge < -0.3 is 5.32 Å². The largest absolute Gasteiger partial charge is 0.325 e. The molecule has 0 spiro atoms. The molecule has 2 aromatic rings. The molecule has 0 saturated heterocycles. The van der Waals surface area contributed by atoms with Crippen LogP contribution in [-0.4, -0.2) is 11.3 Å². The van der Waals surface area contributed by atoms with E-state index in [0.29, 0.717) is 0 Å². The van der Waals surface area contributed by atoms with Crippen molar-refractivity contribution in [2.45, 2.75) is 10.2 Å². The Balaban J connectivity index is 2.03. The van der Waals surface area contributed by atoms with Gasteiger partial charge in [0, 0.05) is 5.69 Å². The van der Waals surface area contributed by atoms with Crippen molar-refractivity contribution in [3.05, 3.63) is 66.2 Å². The molecule has 0 aliphatic carbocycles. The summed E-state index contributed by atoms with van der Waals surface area (Å²) in [7, 11) is 0. The fourth-order valence-corrected chi connectivity index (χ4v) is 2.42. The lowest BCUT2D eigenvalue weighted by molar-refractivity contribution is -0.115. The van der Waals surface area contributed by atoms with Crippen molar-refractivity contribution in [2.75, 3.05) is 5.32 Å². The van der Waals surface area contributed by atoms with Gasteiger partial charge in [0.25, 0.3) is 0 Å². The summed E-state index contributed by atoms with van der Waals surface area (Å²) in [6.45, 7) is 0. The molecule has 0 aromatic heterocycles. The van der Waals surface area contributed by atoms with Crippen LogP contribution >= 0.6 is 27.5 Å². The first-order chi connectivity index (χ1) is 9.18. The van der Waals surface area contributed by atoms with E-state index in [1.54, 1.807) is 0 Å². The summed E-state index contributed by atoms with van der Waals surface area (Å²) in [5.74, 6) is -0.224. The third-order valence-electron chi connectivity index (χ3n) is 2.67. The summed E-state index contributed by atoms with van der Waals surface area (Å²) in [4.78, 5) is 11.8. The Bertz CT molecular complexity index is 532. The molecule has 0 fully saturated rings. The SMILES string of the molecule is O=C(Nc1ccccc1)[C@@H](Cl)[C@@H](Br)c1ccccc1. The van der Waals surface area contributed by atoms with Crippen molar-refractivity contribution in [3.8, 4) is 0 Å². The Morgan fingerprint density at radius 2 is 1.53 bits per heavy atom. The summed E-state index contributed by atoms with van der Waals surface area (Å²) >= 11 is 9.68. The zero-order valence-corrected chi connectivity index (χ0v) is 12.4. The Morgan fingerprint density at radius 3 is 2.11 bits per heavy atom. The number of alkyl halides is 2. The lowest BCUT2D eigenvalue weighted by Gasteiger charge is -2.16.